The predicted molar refractivity (Wildman–Crippen MR) is 220 cm³/mol. The number of furan rings is 1. The molecule has 4 amide bonds. The summed E-state index contributed by atoms with van der Waals surface area (Å²) in [6.45, 7) is 7.02. The molecule has 0 radical (unpaired) electrons. The van der Waals surface area contributed by atoms with E-state index in [2.05, 4.69) is 15.0 Å². The molecule has 2 aromatic heterocycles. The van der Waals surface area contributed by atoms with E-state index in [1.165, 1.54) is 23.1 Å². The van der Waals surface area contributed by atoms with Gasteiger partial charge in [0.05, 0.1) is 11.8 Å². The maximum Gasteiger partial charge on any atom is 0.408 e. The van der Waals surface area contributed by atoms with Gasteiger partial charge in [0.1, 0.15) is 40.7 Å². The average molecular weight is 847 g/mol. The molecule has 0 spiro atoms. The molecule has 3 heterocycles. The quantitative estimate of drug-likeness (QED) is 0.0883. The van der Waals surface area contributed by atoms with Gasteiger partial charge in [-0.3, -0.25) is 19.1 Å². The Morgan fingerprint density at radius 2 is 1.80 bits per heavy atom. The second-order valence-electron chi connectivity index (χ2n) is 17.0. The minimum absolute atomic E-state index is 0.00444. The van der Waals surface area contributed by atoms with Crippen molar-refractivity contribution in [2.45, 2.75) is 115 Å². The van der Waals surface area contributed by atoms with E-state index in [9.17, 15) is 32.0 Å². The molecule has 4 N–H and O–H groups in total. The summed E-state index contributed by atoms with van der Waals surface area (Å²) >= 11 is 0. The molecule has 0 bridgehead atoms. The van der Waals surface area contributed by atoms with Gasteiger partial charge in [-0.25, -0.2) is 22.6 Å². The number of hydrogen-bond donors (Lipinski definition) is 3. The number of benzene rings is 2. The van der Waals surface area contributed by atoms with Crippen molar-refractivity contribution in [2.75, 3.05) is 6.54 Å². The standard InChI is InChI=1S/C43H51FN6O9S/c1-24-12-14-25(15-13-24)38-47-35-31-21-27(44)16-19-34(31)58-36(35)40(48-38)57-28-22-33(37(45)51)50(23-28)41(53)32(46-42(54)59-43(2,3)4)11-9-7-5-6-8-10-26-20-30(26)39(52)49-60(55,56)29-17-18-29/h8,10,12-16,19,21,26,28-30,32-33H,5-7,9,11,17-18,20,22-23H2,1-4H3,(H2,45,51)(H,46,54)(H,49,52)/b10-8-/t26-,28-,30+,32+,33+/m1/s1. The maximum atomic E-state index is 14.4. The van der Waals surface area contributed by atoms with E-state index >= 15 is 0 Å². The summed E-state index contributed by atoms with van der Waals surface area (Å²) in [5.74, 6) is -2.16. The van der Waals surface area contributed by atoms with Crippen LogP contribution in [-0.2, 0) is 29.1 Å². The Balaban J connectivity index is 1.02. The maximum absolute atomic E-state index is 14.4. The third-order valence-electron chi connectivity index (χ3n) is 10.8. The van der Waals surface area contributed by atoms with Crippen LogP contribution in [0.3, 0.4) is 0 Å². The molecular formula is C43H51FN6O9S. The summed E-state index contributed by atoms with van der Waals surface area (Å²) in [6.07, 6.45) is 7.17. The van der Waals surface area contributed by atoms with E-state index < -0.39 is 68.7 Å². The molecule has 7 rings (SSSR count). The van der Waals surface area contributed by atoms with Crippen LogP contribution in [0.2, 0.25) is 0 Å². The van der Waals surface area contributed by atoms with Crippen LogP contribution < -0.4 is 20.5 Å². The molecule has 1 saturated heterocycles. The molecule has 17 heteroatoms. The van der Waals surface area contributed by atoms with E-state index in [1.807, 2.05) is 43.3 Å². The number of sulfonamides is 1. The van der Waals surface area contributed by atoms with Crippen LogP contribution in [-0.4, -0.2) is 82.7 Å². The smallest absolute Gasteiger partial charge is 0.408 e. The van der Waals surface area contributed by atoms with Gasteiger partial charge in [0.25, 0.3) is 5.88 Å². The van der Waals surface area contributed by atoms with Crippen molar-refractivity contribution in [3.63, 3.8) is 0 Å². The number of primary amides is 1. The highest BCUT2D eigenvalue weighted by atomic mass is 32.2. The van der Waals surface area contributed by atoms with Crippen LogP contribution in [0.4, 0.5) is 9.18 Å². The highest BCUT2D eigenvalue weighted by Gasteiger charge is 2.45. The number of ether oxygens (including phenoxy) is 2. The van der Waals surface area contributed by atoms with Crippen molar-refractivity contribution in [3.8, 4) is 17.3 Å². The van der Waals surface area contributed by atoms with E-state index in [0.717, 1.165) is 12.0 Å². The summed E-state index contributed by atoms with van der Waals surface area (Å²) in [5, 5.41) is 2.68. The van der Waals surface area contributed by atoms with E-state index in [1.54, 1.807) is 20.8 Å². The highest BCUT2D eigenvalue weighted by molar-refractivity contribution is 7.90. The molecule has 320 valence electrons. The average Bonchev–Trinajstić information content (AvgIpc) is 4.10. The second-order valence-corrected chi connectivity index (χ2v) is 19.0. The fourth-order valence-corrected chi connectivity index (χ4v) is 8.78. The number of halogens is 1. The largest absolute Gasteiger partial charge is 0.470 e. The zero-order valence-electron chi connectivity index (χ0n) is 34.1. The molecule has 3 fully saturated rings. The fraction of sp³-hybridized carbons (Fsp3) is 0.488. The molecular weight excluding hydrogens is 796 g/mol. The Hall–Kier alpha value is -5.58. The number of nitrogens with one attached hydrogen (secondary N) is 2. The normalized spacial score (nSPS) is 21.0. The summed E-state index contributed by atoms with van der Waals surface area (Å²) in [4.78, 5) is 63.2. The fourth-order valence-electron chi connectivity index (χ4n) is 7.43. The number of unbranched alkanes of at least 4 members (excludes halogenated alkanes) is 3. The SMILES string of the molecule is Cc1ccc(-c2nc(O[C@@H]3C[C@@H](C(N)=O)N(C(=O)[C@H](CCCCC/C=C\[C@@H]4C[C@@H]4C(=O)NS(=O)(=O)C4CC4)NC(=O)OC(C)(C)C)C3)c3oc4ccc(F)cc4c3n2)cc1. The number of nitrogens with two attached hydrogens (primary N) is 1. The van der Waals surface area contributed by atoms with E-state index in [0.29, 0.717) is 66.4 Å². The van der Waals surface area contributed by atoms with Crippen molar-refractivity contribution < 1.29 is 45.9 Å². The summed E-state index contributed by atoms with van der Waals surface area (Å²) < 4.78 is 58.8. The van der Waals surface area contributed by atoms with Crippen molar-refractivity contribution in [1.29, 1.82) is 0 Å². The number of aryl methyl sites for hydroxylation is 1. The Kier molecular flexibility index (Phi) is 12.2. The van der Waals surface area contributed by atoms with E-state index in [4.69, 9.17) is 24.6 Å². The lowest BCUT2D eigenvalue weighted by atomic mass is 10.0. The molecule has 0 unspecified atom stereocenters. The highest BCUT2D eigenvalue weighted by Crippen LogP contribution is 2.41. The first kappa shape index (κ1) is 42.5. The molecule has 1 aliphatic heterocycles. The van der Waals surface area contributed by atoms with Crippen LogP contribution in [0.15, 0.2) is 59.0 Å². The van der Waals surface area contributed by atoms with Crippen molar-refractivity contribution in [3.05, 3.63) is 66.0 Å². The van der Waals surface area contributed by atoms with Gasteiger partial charge in [-0.05, 0) is 90.3 Å². The number of carbonyl (C=O) groups is 4. The third kappa shape index (κ3) is 10.2. The Morgan fingerprint density at radius 1 is 1.05 bits per heavy atom. The molecule has 2 aliphatic carbocycles. The Morgan fingerprint density at radius 3 is 2.50 bits per heavy atom. The molecule has 5 atom stereocenters. The number of allylic oxidation sites excluding steroid dienone is 2. The number of aromatic nitrogens is 2. The lowest BCUT2D eigenvalue weighted by Gasteiger charge is -2.28. The number of hydrogen-bond acceptors (Lipinski definition) is 11. The van der Waals surface area contributed by atoms with Crippen LogP contribution in [0.25, 0.3) is 33.5 Å². The van der Waals surface area contributed by atoms with Crippen molar-refractivity contribution in [2.24, 2.45) is 17.6 Å². The second kappa shape index (κ2) is 17.2. The molecule has 2 aromatic carbocycles. The number of nitrogens with zero attached hydrogens (tertiary/aromatic N) is 3. The Labute approximate surface area is 347 Å². The first-order valence-corrected chi connectivity index (χ1v) is 22.0. The van der Waals surface area contributed by atoms with Crippen molar-refractivity contribution in [1.82, 2.24) is 24.9 Å². The minimum Gasteiger partial charge on any atom is -0.470 e. The summed E-state index contributed by atoms with van der Waals surface area (Å²) in [7, 11) is -3.56. The number of amides is 4. The molecule has 3 aliphatic rings. The van der Waals surface area contributed by atoms with Gasteiger partial charge in [-0.2, -0.15) is 4.98 Å². The minimum atomic E-state index is -3.56. The summed E-state index contributed by atoms with van der Waals surface area (Å²) in [6, 6.07) is 9.53. The zero-order valence-corrected chi connectivity index (χ0v) is 34.9. The topological polar surface area (TPSA) is 213 Å². The van der Waals surface area contributed by atoms with Crippen LogP contribution >= 0.6 is 0 Å². The monoisotopic (exact) mass is 846 g/mol. The number of carbonyl (C=O) groups excluding carboxylic acids is 4. The first-order valence-electron chi connectivity index (χ1n) is 20.4. The van der Waals surface area contributed by atoms with Crippen LogP contribution in [0.5, 0.6) is 5.88 Å². The van der Waals surface area contributed by atoms with Gasteiger partial charge >= 0.3 is 6.09 Å². The van der Waals surface area contributed by atoms with Crippen LogP contribution in [0, 0.1) is 24.6 Å². The zero-order chi connectivity index (χ0) is 42.9. The van der Waals surface area contributed by atoms with Crippen molar-refractivity contribution >= 4 is 55.9 Å². The van der Waals surface area contributed by atoms with Gasteiger partial charge < -0.3 is 29.8 Å². The van der Waals surface area contributed by atoms with Gasteiger partial charge in [-0.15, -0.1) is 0 Å². The van der Waals surface area contributed by atoms with Gasteiger partial charge in [0.15, 0.2) is 5.82 Å². The Bertz CT molecular complexity index is 2430. The number of fused-ring (bicyclic) bond motifs is 3. The lowest BCUT2D eigenvalue weighted by Crippen LogP contribution is -2.53. The van der Waals surface area contributed by atoms with Gasteiger partial charge in [0.2, 0.25) is 33.3 Å². The predicted octanol–water partition coefficient (Wildman–Crippen LogP) is 5.97. The van der Waals surface area contributed by atoms with Crippen LogP contribution in [0.1, 0.15) is 84.1 Å². The third-order valence-corrected chi connectivity index (χ3v) is 12.7. The molecule has 4 aromatic rings. The molecule has 2 saturated carbocycles. The number of likely N-dealkylation sites (tertiary alicyclic amines) is 1. The summed E-state index contributed by atoms with van der Waals surface area (Å²) in [5.41, 5.74) is 7.62. The van der Waals surface area contributed by atoms with E-state index in [-0.39, 0.29) is 42.7 Å². The van der Waals surface area contributed by atoms with Gasteiger partial charge in [-0.1, -0.05) is 54.8 Å². The number of rotatable bonds is 16. The molecule has 60 heavy (non-hydrogen) atoms. The van der Waals surface area contributed by atoms with Gasteiger partial charge in [0, 0.05) is 23.3 Å². The number of alkyl carbamates (subject to hydrolysis) is 1. The first-order chi connectivity index (χ1) is 28.5. The lowest BCUT2D eigenvalue weighted by molar-refractivity contribution is -0.139. The molecule has 15 nitrogen and oxygen atoms in total.